The number of hydrogen-bond donors (Lipinski definition) is 3. The molecule has 1 aromatic heterocycles. The average Bonchev–Trinajstić information content (AvgIpc) is 2.85. The van der Waals surface area contributed by atoms with E-state index in [-0.39, 0.29) is 11.7 Å². The van der Waals surface area contributed by atoms with Crippen LogP contribution in [-0.4, -0.2) is 27.3 Å². The number of rotatable bonds is 4. The Morgan fingerprint density at radius 3 is 2.78 bits per heavy atom. The van der Waals surface area contributed by atoms with Gasteiger partial charge in [-0.15, -0.1) is 10.2 Å². The first-order valence-electron chi connectivity index (χ1n) is 5.25. The molecule has 0 spiro atoms. The molecule has 0 aliphatic heterocycles. The molecule has 1 heterocycles. The number of nitrogens with two attached hydrogens (primary N) is 1. The van der Waals surface area contributed by atoms with Crippen LogP contribution in [0.3, 0.4) is 0 Å². The van der Waals surface area contributed by atoms with Gasteiger partial charge in [-0.05, 0) is 24.1 Å². The summed E-state index contributed by atoms with van der Waals surface area (Å²) in [5, 5.41) is 19.5. The fourth-order valence-electron chi connectivity index (χ4n) is 1.40. The Morgan fingerprint density at radius 1 is 1.44 bits per heavy atom. The Hall–Kier alpha value is -1.99. The van der Waals surface area contributed by atoms with Crippen LogP contribution in [0.25, 0.3) is 0 Å². The van der Waals surface area contributed by atoms with E-state index in [1.165, 1.54) is 16.8 Å². The number of benzene rings is 1. The maximum atomic E-state index is 11.7. The molecule has 6 nitrogen and oxygen atoms in total. The van der Waals surface area contributed by atoms with Crippen molar-refractivity contribution in [1.29, 1.82) is 0 Å². The van der Waals surface area contributed by atoms with Crippen LogP contribution in [0.2, 0.25) is 0 Å². The van der Waals surface area contributed by atoms with Gasteiger partial charge in [-0.2, -0.15) is 0 Å². The Kier molecular flexibility index (Phi) is 3.85. The lowest BCUT2D eigenvalue weighted by atomic mass is 10.1. The van der Waals surface area contributed by atoms with Crippen molar-refractivity contribution in [1.82, 2.24) is 10.2 Å². The van der Waals surface area contributed by atoms with Crippen molar-refractivity contribution in [3.8, 4) is 5.75 Å². The van der Waals surface area contributed by atoms with E-state index in [4.69, 9.17) is 10.8 Å². The van der Waals surface area contributed by atoms with Crippen molar-refractivity contribution >= 4 is 22.4 Å². The van der Waals surface area contributed by atoms with Gasteiger partial charge in [0.25, 0.3) is 0 Å². The molecule has 2 aromatic rings. The molecule has 1 atom stereocenters. The Morgan fingerprint density at radius 2 is 2.17 bits per heavy atom. The van der Waals surface area contributed by atoms with Crippen LogP contribution in [0, 0.1) is 0 Å². The largest absolute Gasteiger partial charge is 0.508 e. The number of anilines is 1. The predicted molar refractivity (Wildman–Crippen MR) is 68.3 cm³/mol. The average molecular weight is 264 g/mol. The van der Waals surface area contributed by atoms with E-state index < -0.39 is 6.04 Å². The molecule has 18 heavy (non-hydrogen) atoms. The topological polar surface area (TPSA) is 101 Å². The monoisotopic (exact) mass is 264 g/mol. The molecule has 7 heteroatoms. The van der Waals surface area contributed by atoms with E-state index in [0.29, 0.717) is 11.6 Å². The number of nitrogens with zero attached hydrogens (tertiary/aromatic N) is 2. The van der Waals surface area contributed by atoms with Gasteiger partial charge in [-0.3, -0.25) is 10.1 Å². The number of phenols is 1. The molecule has 0 fully saturated rings. The van der Waals surface area contributed by atoms with Crippen molar-refractivity contribution in [3.63, 3.8) is 0 Å². The fourth-order valence-corrected chi connectivity index (χ4v) is 1.85. The normalized spacial score (nSPS) is 12.1. The molecular formula is C11H12N4O2S. The highest BCUT2D eigenvalue weighted by atomic mass is 32.1. The lowest BCUT2D eigenvalue weighted by Crippen LogP contribution is -2.37. The highest BCUT2D eigenvalue weighted by Gasteiger charge is 2.15. The third-order valence-corrected chi connectivity index (χ3v) is 2.93. The van der Waals surface area contributed by atoms with Gasteiger partial charge in [0.05, 0.1) is 6.04 Å². The van der Waals surface area contributed by atoms with Crippen molar-refractivity contribution < 1.29 is 9.90 Å². The summed E-state index contributed by atoms with van der Waals surface area (Å²) in [6.07, 6.45) is 0.394. The molecule has 0 radical (unpaired) electrons. The summed E-state index contributed by atoms with van der Waals surface area (Å²) in [5.74, 6) is -0.120. The van der Waals surface area contributed by atoms with Gasteiger partial charge < -0.3 is 10.8 Å². The number of hydrogen-bond acceptors (Lipinski definition) is 6. The predicted octanol–water partition coefficient (Wildman–Crippen LogP) is 0.752. The zero-order valence-corrected chi connectivity index (χ0v) is 10.2. The third-order valence-electron chi connectivity index (χ3n) is 2.32. The number of carbonyl (C=O) groups excluding carboxylic acids is 1. The van der Waals surface area contributed by atoms with E-state index in [1.807, 2.05) is 0 Å². The summed E-state index contributed by atoms with van der Waals surface area (Å²) in [6.45, 7) is 0. The minimum absolute atomic E-state index is 0.186. The second-order valence-electron chi connectivity index (χ2n) is 3.71. The van der Waals surface area contributed by atoms with E-state index >= 15 is 0 Å². The molecule has 1 aromatic carbocycles. The van der Waals surface area contributed by atoms with Gasteiger partial charge >= 0.3 is 0 Å². The quantitative estimate of drug-likeness (QED) is 0.756. The lowest BCUT2D eigenvalue weighted by Gasteiger charge is -2.10. The first-order valence-corrected chi connectivity index (χ1v) is 6.13. The maximum absolute atomic E-state index is 11.7. The Labute approximate surface area is 107 Å². The molecule has 4 N–H and O–H groups in total. The van der Waals surface area contributed by atoms with Gasteiger partial charge in [-0.25, -0.2) is 0 Å². The van der Waals surface area contributed by atoms with E-state index in [0.717, 1.165) is 5.56 Å². The Balaban J connectivity index is 1.93. The number of carbonyl (C=O) groups is 1. The van der Waals surface area contributed by atoms with Gasteiger partial charge in [0, 0.05) is 0 Å². The number of amides is 1. The third kappa shape index (κ3) is 3.25. The van der Waals surface area contributed by atoms with Gasteiger partial charge in [0.1, 0.15) is 11.3 Å². The minimum atomic E-state index is -0.668. The molecule has 2 rings (SSSR count). The number of nitrogens with one attached hydrogen (secondary N) is 1. The fraction of sp³-hybridized carbons (Fsp3) is 0.182. The number of phenolic OH excluding ortho intramolecular Hbond substituents is 1. The first kappa shape index (κ1) is 12.5. The van der Waals surface area contributed by atoms with Crippen molar-refractivity contribution in [3.05, 3.63) is 35.3 Å². The SMILES string of the molecule is N[C@H](Cc1ccc(O)cc1)C(=O)Nc1nncs1. The molecule has 0 saturated carbocycles. The molecule has 94 valence electrons. The molecule has 1 amide bonds. The van der Waals surface area contributed by atoms with E-state index in [2.05, 4.69) is 15.5 Å². The van der Waals surface area contributed by atoms with Gasteiger partial charge in [0.15, 0.2) is 0 Å². The van der Waals surface area contributed by atoms with Crippen LogP contribution in [0.1, 0.15) is 5.56 Å². The van der Waals surface area contributed by atoms with E-state index in [9.17, 15) is 4.79 Å². The highest BCUT2D eigenvalue weighted by molar-refractivity contribution is 7.13. The molecule has 0 bridgehead atoms. The summed E-state index contributed by atoms with van der Waals surface area (Å²) in [5.41, 5.74) is 8.20. The Bertz CT molecular complexity index is 512. The van der Waals surface area contributed by atoms with E-state index in [1.54, 1.807) is 24.3 Å². The second-order valence-corrected chi connectivity index (χ2v) is 4.54. The molecule has 0 saturated heterocycles. The van der Waals surface area contributed by atoms with Crippen molar-refractivity contribution in [2.24, 2.45) is 5.73 Å². The van der Waals surface area contributed by atoms with Crippen molar-refractivity contribution in [2.45, 2.75) is 12.5 Å². The first-order chi connectivity index (χ1) is 8.65. The van der Waals surface area contributed by atoms with Crippen LogP contribution < -0.4 is 11.1 Å². The zero-order chi connectivity index (χ0) is 13.0. The summed E-state index contributed by atoms with van der Waals surface area (Å²) >= 11 is 1.23. The maximum Gasteiger partial charge on any atom is 0.243 e. The zero-order valence-electron chi connectivity index (χ0n) is 9.41. The summed E-state index contributed by atoms with van der Waals surface area (Å²) in [7, 11) is 0. The van der Waals surface area contributed by atoms with Gasteiger partial charge in [0.2, 0.25) is 11.0 Å². The summed E-state index contributed by atoms with van der Waals surface area (Å²) in [6, 6.07) is 5.91. The standard InChI is InChI=1S/C11H12N4O2S/c12-9(5-7-1-3-8(16)4-2-7)10(17)14-11-15-13-6-18-11/h1-4,6,9,16H,5,12H2,(H,14,15,17)/t9-/m1/s1. The van der Waals surface area contributed by atoms with Crippen LogP contribution >= 0.6 is 11.3 Å². The van der Waals surface area contributed by atoms with Crippen LogP contribution in [0.5, 0.6) is 5.75 Å². The van der Waals surface area contributed by atoms with Crippen LogP contribution in [-0.2, 0) is 11.2 Å². The molecular weight excluding hydrogens is 252 g/mol. The molecule has 0 unspecified atom stereocenters. The van der Waals surface area contributed by atoms with Gasteiger partial charge in [-0.1, -0.05) is 23.5 Å². The van der Waals surface area contributed by atoms with Crippen molar-refractivity contribution in [2.75, 3.05) is 5.32 Å². The molecule has 0 aliphatic rings. The summed E-state index contributed by atoms with van der Waals surface area (Å²) in [4.78, 5) is 11.7. The highest BCUT2D eigenvalue weighted by Crippen LogP contribution is 2.12. The smallest absolute Gasteiger partial charge is 0.243 e. The summed E-state index contributed by atoms with van der Waals surface area (Å²) < 4.78 is 0. The molecule has 0 aliphatic carbocycles. The number of aromatic nitrogens is 2. The minimum Gasteiger partial charge on any atom is -0.508 e. The van der Waals surface area contributed by atoms with Crippen LogP contribution in [0.4, 0.5) is 5.13 Å². The number of aromatic hydroxyl groups is 1. The second kappa shape index (κ2) is 5.56. The van der Waals surface area contributed by atoms with Crippen LogP contribution in [0.15, 0.2) is 29.8 Å². The lowest BCUT2D eigenvalue weighted by molar-refractivity contribution is -0.117.